The minimum atomic E-state index is 0. The number of carbonyl (C=O) groups is 2. The van der Waals surface area contributed by atoms with E-state index in [1.165, 1.54) is 11.1 Å². The fourth-order valence-electron chi connectivity index (χ4n) is 3.56. The van der Waals surface area contributed by atoms with Gasteiger partial charge in [-0.2, -0.15) is 0 Å². The van der Waals surface area contributed by atoms with Crippen molar-refractivity contribution in [3.8, 4) is 0 Å². The number of anilines is 1. The van der Waals surface area contributed by atoms with Crippen LogP contribution in [0.15, 0.2) is 42.6 Å². The second kappa shape index (κ2) is 11.5. The van der Waals surface area contributed by atoms with Gasteiger partial charge in [0.2, 0.25) is 5.91 Å². The standard InChI is InChI=1S/C23H30N4O2.CH4/c1-18(28)26-12-14-27(15-13-26)22-10-9-21(25-17-22)8-6-19-2-4-20(5-3-19)7-11-23(29)16-24;/h2-5,9-10,17H,6-8,11-16,24H2,1H3;1H4. The molecule has 0 unspecified atom stereocenters. The van der Waals surface area contributed by atoms with Crippen LogP contribution in [0.4, 0.5) is 5.69 Å². The SMILES string of the molecule is C.CC(=O)N1CCN(c2ccc(CCc3ccc(CCC(=O)CN)cc3)nc2)CC1. The van der Waals surface area contributed by atoms with Crippen LogP contribution in [-0.2, 0) is 28.9 Å². The van der Waals surface area contributed by atoms with Gasteiger partial charge in [0, 0.05) is 45.2 Å². The number of carbonyl (C=O) groups excluding carboxylic acids is 2. The Kier molecular flexibility index (Phi) is 8.99. The first kappa shape index (κ1) is 23.5. The van der Waals surface area contributed by atoms with Gasteiger partial charge in [-0.3, -0.25) is 14.6 Å². The number of Topliss-reactive ketones (excluding diaryl/α,β-unsaturated/α-hetero) is 1. The van der Waals surface area contributed by atoms with Crippen molar-refractivity contribution in [2.45, 2.75) is 40.0 Å². The van der Waals surface area contributed by atoms with Crippen molar-refractivity contribution < 1.29 is 9.59 Å². The molecule has 0 aliphatic carbocycles. The predicted octanol–water partition coefficient (Wildman–Crippen LogP) is 2.63. The summed E-state index contributed by atoms with van der Waals surface area (Å²) in [4.78, 5) is 31.6. The number of piperazine rings is 1. The predicted molar refractivity (Wildman–Crippen MR) is 122 cm³/mol. The molecule has 30 heavy (non-hydrogen) atoms. The number of rotatable bonds is 8. The molecule has 0 spiro atoms. The molecule has 6 nitrogen and oxygen atoms in total. The van der Waals surface area contributed by atoms with Gasteiger partial charge in [0.1, 0.15) is 5.78 Å². The van der Waals surface area contributed by atoms with Gasteiger partial charge < -0.3 is 15.5 Å². The van der Waals surface area contributed by atoms with Gasteiger partial charge in [-0.05, 0) is 42.5 Å². The molecule has 2 aromatic rings. The quantitative estimate of drug-likeness (QED) is 0.724. The largest absolute Gasteiger partial charge is 0.367 e. The van der Waals surface area contributed by atoms with Crippen LogP contribution in [0.3, 0.4) is 0 Å². The minimum Gasteiger partial charge on any atom is -0.367 e. The van der Waals surface area contributed by atoms with E-state index in [0.717, 1.165) is 56.8 Å². The topological polar surface area (TPSA) is 79.5 Å². The maximum Gasteiger partial charge on any atom is 0.219 e. The van der Waals surface area contributed by atoms with Crippen LogP contribution in [0.5, 0.6) is 0 Å². The smallest absolute Gasteiger partial charge is 0.219 e. The van der Waals surface area contributed by atoms with Crippen LogP contribution < -0.4 is 10.6 Å². The van der Waals surface area contributed by atoms with Gasteiger partial charge in [0.15, 0.2) is 0 Å². The Morgan fingerprint density at radius 3 is 2.10 bits per heavy atom. The Balaban J connectivity index is 0.00000320. The maximum absolute atomic E-state index is 11.4. The van der Waals surface area contributed by atoms with E-state index in [1.54, 1.807) is 6.92 Å². The molecule has 1 aromatic carbocycles. The molecule has 1 aromatic heterocycles. The molecule has 2 heterocycles. The Hall–Kier alpha value is -2.73. The van der Waals surface area contributed by atoms with Crippen molar-refractivity contribution in [1.82, 2.24) is 9.88 Å². The van der Waals surface area contributed by atoms with Crippen molar-refractivity contribution >= 4 is 17.4 Å². The molecule has 1 aliphatic rings. The fraction of sp³-hybridized carbons (Fsp3) is 0.458. The number of nitrogens with two attached hydrogens (primary N) is 1. The second-order valence-corrected chi connectivity index (χ2v) is 7.56. The van der Waals surface area contributed by atoms with Gasteiger partial charge in [0.25, 0.3) is 0 Å². The third kappa shape index (κ3) is 6.66. The first-order chi connectivity index (χ1) is 14.0. The number of aromatic nitrogens is 1. The molecule has 1 fully saturated rings. The van der Waals surface area contributed by atoms with Crippen LogP contribution in [0.1, 0.15) is 37.6 Å². The van der Waals surface area contributed by atoms with Crippen LogP contribution in [0.25, 0.3) is 0 Å². The van der Waals surface area contributed by atoms with E-state index in [2.05, 4.69) is 46.3 Å². The second-order valence-electron chi connectivity index (χ2n) is 7.56. The van der Waals surface area contributed by atoms with E-state index >= 15 is 0 Å². The highest BCUT2D eigenvalue weighted by atomic mass is 16.2. The Bertz CT molecular complexity index is 810. The Labute approximate surface area is 180 Å². The van der Waals surface area contributed by atoms with Crippen molar-refractivity contribution in [2.24, 2.45) is 5.73 Å². The normalized spacial score (nSPS) is 13.7. The van der Waals surface area contributed by atoms with Crippen LogP contribution in [0.2, 0.25) is 0 Å². The summed E-state index contributed by atoms with van der Waals surface area (Å²) in [5.74, 6) is 0.250. The van der Waals surface area contributed by atoms with Gasteiger partial charge in [0.05, 0.1) is 18.4 Å². The van der Waals surface area contributed by atoms with E-state index in [1.807, 2.05) is 11.1 Å². The zero-order valence-electron chi connectivity index (χ0n) is 17.1. The molecule has 6 heteroatoms. The minimum absolute atomic E-state index is 0. The van der Waals surface area contributed by atoms with Crippen molar-refractivity contribution in [3.05, 3.63) is 59.4 Å². The first-order valence-corrected chi connectivity index (χ1v) is 10.3. The highest BCUT2D eigenvalue weighted by Gasteiger charge is 2.18. The molecular weight excluding hydrogens is 376 g/mol. The summed E-state index contributed by atoms with van der Waals surface area (Å²) < 4.78 is 0. The Morgan fingerprint density at radius 2 is 1.57 bits per heavy atom. The first-order valence-electron chi connectivity index (χ1n) is 10.3. The van der Waals surface area contributed by atoms with Crippen LogP contribution in [0, 0.1) is 0 Å². The lowest BCUT2D eigenvalue weighted by Gasteiger charge is -2.35. The molecule has 1 amide bonds. The number of pyridine rings is 1. The molecule has 3 rings (SSSR count). The summed E-state index contributed by atoms with van der Waals surface area (Å²) in [6, 6.07) is 12.7. The summed E-state index contributed by atoms with van der Waals surface area (Å²) in [6.45, 7) is 5.00. The van der Waals surface area contributed by atoms with Crippen LogP contribution >= 0.6 is 0 Å². The van der Waals surface area contributed by atoms with E-state index in [0.29, 0.717) is 6.42 Å². The van der Waals surface area contributed by atoms with Crippen molar-refractivity contribution in [3.63, 3.8) is 0 Å². The number of aryl methyl sites for hydroxylation is 3. The third-order valence-electron chi connectivity index (χ3n) is 5.51. The highest BCUT2D eigenvalue weighted by molar-refractivity contribution is 5.80. The maximum atomic E-state index is 11.4. The van der Waals surface area contributed by atoms with E-state index in [9.17, 15) is 9.59 Å². The lowest BCUT2D eigenvalue weighted by Crippen LogP contribution is -2.48. The van der Waals surface area contributed by atoms with Gasteiger partial charge in [-0.15, -0.1) is 0 Å². The van der Waals surface area contributed by atoms with Gasteiger partial charge in [-0.1, -0.05) is 31.7 Å². The number of hydrogen-bond acceptors (Lipinski definition) is 5. The van der Waals surface area contributed by atoms with Crippen LogP contribution in [-0.4, -0.2) is 54.3 Å². The molecule has 0 radical (unpaired) electrons. The number of nitrogens with zero attached hydrogens (tertiary/aromatic N) is 3. The van der Waals surface area contributed by atoms with E-state index < -0.39 is 0 Å². The fourth-order valence-corrected chi connectivity index (χ4v) is 3.56. The van der Waals surface area contributed by atoms with Gasteiger partial charge >= 0.3 is 0 Å². The summed E-state index contributed by atoms with van der Waals surface area (Å²) in [5, 5.41) is 0. The average Bonchev–Trinajstić information content (AvgIpc) is 2.77. The monoisotopic (exact) mass is 410 g/mol. The molecule has 0 atom stereocenters. The van der Waals surface area contributed by atoms with Crippen molar-refractivity contribution in [2.75, 3.05) is 37.6 Å². The lowest BCUT2D eigenvalue weighted by atomic mass is 10.0. The third-order valence-corrected chi connectivity index (χ3v) is 5.51. The number of hydrogen-bond donors (Lipinski definition) is 1. The molecule has 162 valence electrons. The molecule has 0 saturated carbocycles. The zero-order valence-corrected chi connectivity index (χ0v) is 17.1. The molecule has 0 bridgehead atoms. The Morgan fingerprint density at radius 1 is 0.933 bits per heavy atom. The highest BCUT2D eigenvalue weighted by Crippen LogP contribution is 2.17. The molecular formula is C24H34N4O2. The summed E-state index contributed by atoms with van der Waals surface area (Å²) in [5.41, 5.74) is 9.99. The van der Waals surface area contributed by atoms with E-state index in [-0.39, 0.29) is 25.7 Å². The molecule has 2 N–H and O–H groups in total. The number of ketones is 1. The van der Waals surface area contributed by atoms with Gasteiger partial charge in [-0.25, -0.2) is 0 Å². The van der Waals surface area contributed by atoms with E-state index in [4.69, 9.17) is 5.73 Å². The summed E-state index contributed by atoms with van der Waals surface area (Å²) in [7, 11) is 0. The number of amides is 1. The summed E-state index contributed by atoms with van der Waals surface area (Å²) >= 11 is 0. The zero-order chi connectivity index (χ0) is 20.6. The molecule has 1 aliphatic heterocycles. The average molecular weight is 411 g/mol. The molecule has 1 saturated heterocycles. The number of benzene rings is 1. The van der Waals surface area contributed by atoms with Crippen molar-refractivity contribution in [1.29, 1.82) is 0 Å². The lowest BCUT2D eigenvalue weighted by molar-refractivity contribution is -0.129. The summed E-state index contributed by atoms with van der Waals surface area (Å²) in [6.07, 6.45) is 5.03.